The highest BCUT2D eigenvalue weighted by atomic mass is 16.5. The van der Waals surface area contributed by atoms with Crippen molar-refractivity contribution in [2.45, 2.75) is 47.3 Å². The number of pyridine rings is 8. The van der Waals surface area contributed by atoms with Gasteiger partial charge in [0.05, 0.1) is 0 Å². The number of hydrogen-bond acceptors (Lipinski definition) is 16. The number of ether oxygens (including phenoxy) is 8. The van der Waals surface area contributed by atoms with Crippen molar-refractivity contribution in [2.24, 2.45) is 0 Å². The number of benzene rings is 12. The van der Waals surface area contributed by atoms with Crippen LogP contribution < -0.4 is 37.9 Å². The van der Waals surface area contributed by atoms with E-state index in [1.807, 2.05) is 146 Å². The highest BCUT2D eigenvalue weighted by Crippen LogP contribution is 2.63. The molecule has 8 aromatic heterocycles. The molecule has 14 aliphatic rings. The van der Waals surface area contributed by atoms with Crippen LogP contribution in [0.1, 0.15) is 181 Å². The fourth-order valence-electron chi connectivity index (χ4n) is 22.5. The normalized spacial score (nSPS) is 18.5. The minimum absolute atomic E-state index is 0.0172. The van der Waals surface area contributed by atoms with E-state index in [0.29, 0.717) is 116 Å². The molecule has 0 amide bonds. The smallest absolute Gasteiger partial charge is 0.221 e. The molecule has 0 saturated heterocycles. The van der Waals surface area contributed by atoms with Crippen molar-refractivity contribution in [3.63, 3.8) is 0 Å². The number of nitrogens with zero attached hydrogens (tertiary/aromatic N) is 8. The zero-order valence-corrected chi connectivity index (χ0v) is 67.8. The van der Waals surface area contributed by atoms with Crippen LogP contribution in [0.2, 0.25) is 0 Å². The van der Waals surface area contributed by atoms with Gasteiger partial charge in [-0.2, -0.15) is 39.9 Å². The second-order valence-electron chi connectivity index (χ2n) is 34.5. The molecule has 0 spiro atoms. The van der Waals surface area contributed by atoms with Crippen molar-refractivity contribution in [1.29, 1.82) is 0 Å². The van der Waals surface area contributed by atoms with Gasteiger partial charge in [-0.3, -0.25) is 0 Å². The Labute approximate surface area is 731 Å². The summed E-state index contributed by atoms with van der Waals surface area (Å²) in [6.07, 6.45) is 0. The lowest BCUT2D eigenvalue weighted by molar-refractivity contribution is 0.455. The summed E-state index contributed by atoms with van der Waals surface area (Å²) in [6.45, 7) is 0. The van der Waals surface area contributed by atoms with E-state index in [1.54, 1.807) is 0 Å². The molecule has 10 heterocycles. The molecule has 0 atom stereocenters. The molecule has 0 radical (unpaired) electrons. The second kappa shape index (κ2) is 26.4. The third kappa shape index (κ3) is 10.6. The predicted octanol–water partition coefficient (Wildman–Crippen LogP) is 26.1. The molecule has 0 fully saturated rings. The molecule has 20 aromatic rings. The molecule has 128 heavy (non-hydrogen) atoms. The van der Waals surface area contributed by atoms with Crippen molar-refractivity contribution in [3.05, 3.63) is 473 Å². The molecule has 12 aliphatic carbocycles. The van der Waals surface area contributed by atoms with E-state index in [0.717, 1.165) is 21.5 Å². The Morgan fingerprint density at radius 1 is 0.125 bits per heavy atom. The van der Waals surface area contributed by atoms with E-state index < -0.39 is 0 Å². The maximum absolute atomic E-state index is 6.55. The van der Waals surface area contributed by atoms with Crippen LogP contribution in [0.5, 0.6) is 93.0 Å². The molecule has 0 unspecified atom stereocenters. The zero-order valence-electron chi connectivity index (χ0n) is 67.8. The van der Waals surface area contributed by atoms with Crippen molar-refractivity contribution in [2.75, 3.05) is 0 Å². The molecule has 36 bridgehead atoms. The van der Waals surface area contributed by atoms with E-state index in [9.17, 15) is 0 Å². The molecule has 0 N–H and O–H groups in total. The zero-order chi connectivity index (χ0) is 83.2. The molecule has 2 aliphatic heterocycles. The van der Waals surface area contributed by atoms with Crippen LogP contribution in [-0.4, -0.2) is 39.9 Å². The summed E-state index contributed by atoms with van der Waals surface area (Å²) in [5, 5.41) is 3.55. The lowest BCUT2D eigenvalue weighted by Crippen LogP contribution is -2.27. The van der Waals surface area contributed by atoms with Crippen molar-refractivity contribution >= 4 is 44.1 Å². The molecule has 16 nitrogen and oxygen atoms in total. The number of fused-ring (bicyclic) bond motifs is 16. The standard InChI is InChI=1S/2C56H32N4O4/c2*1-3-7-37-35(5-1)51-39-17-13-31-25-43(39)53(37)44-26-32(14-18-40(44)51)62-48-22-10-30-12-24-50(60-56(30)58-48)64-34-16-20-42-46(28-34)54-38-8-4-2-6-36(38)52(42)41-19-15-33(27-45(41)54)63-49-23-11-29-9-21-47(61-31)57-55(29)59-49/h2*1-28,51-54H. The van der Waals surface area contributed by atoms with Gasteiger partial charge in [0.1, 0.15) is 46.0 Å². The summed E-state index contributed by atoms with van der Waals surface area (Å²) >= 11 is 0. The van der Waals surface area contributed by atoms with Gasteiger partial charge in [-0.25, -0.2) is 0 Å². The van der Waals surface area contributed by atoms with Crippen LogP contribution in [0, 0.1) is 0 Å². The van der Waals surface area contributed by atoms with Gasteiger partial charge in [0.2, 0.25) is 47.0 Å². The SMILES string of the molecule is c1ccc2c(c1)C1c3ccc4cc3C2c2cc(ccc21)Oc1ccc2ccc(nc2n1)Oc1ccc2c(c1)C1c3ccccc3C2c2ccc(cc21)Oc1ccc2ccc(nc2n1)O4.c1ccc2c(c1)C1c3ccc4cc3C2c2cc(ccc21)Oc1ccc2ccc(nc2n1)Oc1ccc2c(c1)C1c3ccccc3C2c2ccc(cc21)Oc1ccc2ccc(nc2n1)O4. The van der Waals surface area contributed by atoms with Crippen LogP contribution in [0.3, 0.4) is 0 Å². The first-order valence-corrected chi connectivity index (χ1v) is 43.3. The van der Waals surface area contributed by atoms with E-state index >= 15 is 0 Å². The Balaban J connectivity index is 0.000000127. The quantitative estimate of drug-likeness (QED) is 0.140. The predicted molar refractivity (Wildman–Crippen MR) is 484 cm³/mol. The lowest BCUT2D eigenvalue weighted by Gasteiger charge is -2.42. The van der Waals surface area contributed by atoms with E-state index in [2.05, 4.69) is 194 Å². The lowest BCUT2D eigenvalue weighted by atomic mass is 9.61. The van der Waals surface area contributed by atoms with E-state index in [-0.39, 0.29) is 47.3 Å². The summed E-state index contributed by atoms with van der Waals surface area (Å²) in [4.78, 5) is 39.1. The highest BCUT2D eigenvalue weighted by molar-refractivity contribution is 5.82. The van der Waals surface area contributed by atoms with Gasteiger partial charge in [-0.1, -0.05) is 146 Å². The van der Waals surface area contributed by atoms with Crippen LogP contribution in [0.15, 0.2) is 340 Å². The third-order valence-electron chi connectivity index (χ3n) is 27.7. The van der Waals surface area contributed by atoms with E-state index in [4.69, 9.17) is 77.8 Å². The average Bonchev–Trinajstić information content (AvgIpc) is 0.714. The van der Waals surface area contributed by atoms with Gasteiger partial charge in [0, 0.05) is 117 Å². The van der Waals surface area contributed by atoms with Crippen LogP contribution in [0.4, 0.5) is 0 Å². The van der Waals surface area contributed by atoms with Gasteiger partial charge in [0.25, 0.3) is 0 Å². The molecule has 12 aromatic carbocycles. The Kier molecular flexibility index (Phi) is 14.4. The largest absolute Gasteiger partial charge is 0.439 e. The van der Waals surface area contributed by atoms with E-state index in [1.165, 1.54) is 134 Å². The fourth-order valence-corrected chi connectivity index (χ4v) is 22.5. The number of hydrogen-bond donors (Lipinski definition) is 0. The van der Waals surface area contributed by atoms with Crippen molar-refractivity contribution in [1.82, 2.24) is 39.9 Å². The van der Waals surface area contributed by atoms with Crippen LogP contribution in [0.25, 0.3) is 44.1 Å². The Morgan fingerprint density at radius 3 is 0.391 bits per heavy atom. The Hall–Kier alpha value is -16.7. The molecular formula is C112H64N8O8. The third-order valence-corrected chi connectivity index (χ3v) is 27.7. The Bertz CT molecular complexity index is 7030. The molecular weight excluding hydrogens is 1590 g/mol. The van der Waals surface area contributed by atoms with Gasteiger partial charge in [-0.15, -0.1) is 0 Å². The second-order valence-corrected chi connectivity index (χ2v) is 34.5. The minimum atomic E-state index is -0.0172. The van der Waals surface area contributed by atoms with Gasteiger partial charge < -0.3 is 37.9 Å². The molecule has 16 heteroatoms. The topological polar surface area (TPSA) is 177 Å². The van der Waals surface area contributed by atoms with Gasteiger partial charge >= 0.3 is 0 Å². The van der Waals surface area contributed by atoms with Gasteiger partial charge in [-0.05, 0) is 279 Å². The monoisotopic (exact) mass is 1650 g/mol. The fraction of sp³-hybridized carbons (Fsp3) is 0.0714. The number of aromatic nitrogens is 8. The summed E-state index contributed by atoms with van der Waals surface area (Å²) in [6, 6.07) is 118. The van der Waals surface area contributed by atoms with Crippen LogP contribution in [-0.2, 0) is 0 Å². The van der Waals surface area contributed by atoms with Gasteiger partial charge in [0.15, 0.2) is 22.6 Å². The summed E-state index contributed by atoms with van der Waals surface area (Å²) in [5.41, 5.74) is 32.5. The first-order chi connectivity index (χ1) is 63.3. The average molecular weight is 1650 g/mol. The first-order valence-electron chi connectivity index (χ1n) is 43.3. The van der Waals surface area contributed by atoms with Crippen molar-refractivity contribution in [3.8, 4) is 93.0 Å². The Morgan fingerprint density at radius 2 is 0.250 bits per heavy atom. The maximum atomic E-state index is 6.55. The molecule has 600 valence electrons. The molecule has 34 rings (SSSR count). The van der Waals surface area contributed by atoms with Crippen molar-refractivity contribution < 1.29 is 37.9 Å². The summed E-state index contributed by atoms with van der Waals surface area (Å²) in [5.74, 6) is 9.57. The first kappa shape index (κ1) is 69.8. The maximum Gasteiger partial charge on any atom is 0.221 e. The number of rotatable bonds is 0. The minimum Gasteiger partial charge on any atom is -0.439 e. The highest BCUT2D eigenvalue weighted by Gasteiger charge is 2.47. The molecule has 0 saturated carbocycles. The van der Waals surface area contributed by atoms with Crippen LogP contribution >= 0.6 is 0 Å². The summed E-state index contributed by atoms with van der Waals surface area (Å²) < 4.78 is 52.4. The summed E-state index contributed by atoms with van der Waals surface area (Å²) in [7, 11) is 0.